The molecule has 1 heterocycles. The predicted molar refractivity (Wildman–Crippen MR) is 119 cm³/mol. The maximum absolute atomic E-state index is 12.5. The molecule has 1 aliphatic carbocycles. The molecular weight excluding hydrogens is 630 g/mol. The number of rotatable bonds is 6. The van der Waals surface area contributed by atoms with Crippen LogP contribution in [0.25, 0.3) is 0 Å². The second-order valence-corrected chi connectivity index (χ2v) is 8.13. The fourth-order valence-electron chi connectivity index (χ4n) is 4.01. The average Bonchev–Trinajstić information content (AvgIpc) is 3.35. The van der Waals surface area contributed by atoms with Gasteiger partial charge in [0, 0.05) is 11.6 Å². The van der Waals surface area contributed by atoms with Crippen molar-refractivity contribution in [3.05, 3.63) is 66.6 Å². The first-order valence-electron chi connectivity index (χ1n) is 10.4. The van der Waals surface area contributed by atoms with Crippen LogP contribution < -0.4 is 10.1 Å². The van der Waals surface area contributed by atoms with Gasteiger partial charge in [0.2, 0.25) is 5.91 Å². The van der Waals surface area contributed by atoms with Crippen LogP contribution in [0.2, 0.25) is 0 Å². The molecule has 166 valence electrons. The van der Waals surface area contributed by atoms with Gasteiger partial charge in [-0.2, -0.15) is 6.92 Å². The number of piperidine rings is 1. The van der Waals surface area contributed by atoms with Crippen LogP contribution in [0.1, 0.15) is 42.6 Å². The van der Waals surface area contributed by atoms with E-state index < -0.39 is 6.04 Å². The number of carbonyl (C=O) groups is 2. The monoisotopic (exact) mass is 658 g/mol. The summed E-state index contributed by atoms with van der Waals surface area (Å²) >= 11 is 0. The molecule has 1 saturated carbocycles. The second kappa shape index (κ2) is 11.2. The first-order valence-corrected chi connectivity index (χ1v) is 10.4. The quantitative estimate of drug-likeness (QED) is 0.479. The van der Waals surface area contributed by atoms with Gasteiger partial charge in [-0.15, -0.1) is 0 Å². The molecule has 32 heavy (non-hydrogen) atoms. The van der Waals surface area contributed by atoms with Gasteiger partial charge in [0.15, 0.2) is 0 Å². The van der Waals surface area contributed by atoms with Crippen molar-refractivity contribution >= 4 is 18.1 Å². The number of nitrogens with zero attached hydrogens (tertiary/aromatic N) is 1. The molecule has 0 aromatic heterocycles. The van der Waals surface area contributed by atoms with E-state index >= 15 is 0 Å². The van der Waals surface area contributed by atoms with E-state index in [0.717, 1.165) is 17.7 Å². The van der Waals surface area contributed by atoms with E-state index in [-0.39, 0.29) is 60.9 Å². The maximum atomic E-state index is 12.5. The van der Waals surface area contributed by atoms with E-state index in [1.54, 1.807) is 36.1 Å². The van der Waals surface area contributed by atoms with Gasteiger partial charge in [-0.3, -0.25) is 9.59 Å². The van der Waals surface area contributed by atoms with Crippen molar-refractivity contribution < 1.29 is 50.2 Å². The predicted octanol–water partition coefficient (Wildman–Crippen LogP) is 3.85. The third kappa shape index (κ3) is 5.82. The summed E-state index contributed by atoms with van der Waals surface area (Å²) in [4.78, 5) is 37.6. The molecule has 0 radical (unpaired) electrons. The standard InChI is InChI=1S/C23H23N2O4.C2H5.U/c1-15-3-7-18(8-4-15)29-19-9-5-16(6-10-19)22(28)24-13-21(27)25-17(14-26)11-23(2)12-20(23)25;1-2;/h3-10,17,20H,11-13H2,1-2H3,(H,24,28);1H2,2H3;/q2*-1;+2/t17-,20?,23-;;/m0../s1. The van der Waals surface area contributed by atoms with Crippen molar-refractivity contribution in [2.45, 2.75) is 45.7 Å². The third-order valence-corrected chi connectivity index (χ3v) is 5.83. The van der Waals surface area contributed by atoms with Gasteiger partial charge >= 0.3 is 31.1 Å². The van der Waals surface area contributed by atoms with Crippen molar-refractivity contribution in [3.63, 3.8) is 0 Å². The minimum absolute atomic E-state index is 0. The molecule has 2 amide bonds. The number of hydrogen-bond donors (Lipinski definition) is 1. The summed E-state index contributed by atoms with van der Waals surface area (Å²) in [6.07, 6.45) is 3.52. The van der Waals surface area contributed by atoms with Gasteiger partial charge in [0.05, 0.1) is 6.54 Å². The van der Waals surface area contributed by atoms with Crippen LogP contribution in [-0.4, -0.2) is 41.6 Å². The molecule has 2 aromatic rings. The Labute approximate surface area is 213 Å². The van der Waals surface area contributed by atoms with Gasteiger partial charge in [-0.25, -0.2) is 6.29 Å². The molecule has 2 fully saturated rings. The summed E-state index contributed by atoms with van der Waals surface area (Å²) < 4.78 is 5.75. The molecule has 6 nitrogen and oxygen atoms in total. The zero-order chi connectivity index (χ0) is 22.6. The SMILES string of the molecule is Cc1ccc(Oc2ccc(C(=O)NCC(=O)N3C4C[C@]4(C)C[C@H]3[C-]=O)cc2)cc1.[CH2-]C.[U+2]. The van der Waals surface area contributed by atoms with Crippen LogP contribution in [0.3, 0.4) is 0 Å². The number of ether oxygens (including phenoxy) is 1. The molecule has 2 aromatic carbocycles. The number of amides is 2. The Morgan fingerprint density at radius 1 is 1.09 bits per heavy atom. The summed E-state index contributed by atoms with van der Waals surface area (Å²) in [5.74, 6) is 0.760. The molecule has 1 unspecified atom stereocenters. The number of likely N-dealkylation sites (tertiary alicyclic amines) is 1. The fourth-order valence-corrected chi connectivity index (χ4v) is 4.01. The number of nitrogens with one attached hydrogen (secondary N) is 1. The van der Waals surface area contributed by atoms with Gasteiger partial charge in [0.1, 0.15) is 11.5 Å². The average molecular weight is 659 g/mol. The number of carbonyl (C=O) groups excluding carboxylic acids is 3. The van der Waals surface area contributed by atoms with Crippen LogP contribution >= 0.6 is 0 Å². The van der Waals surface area contributed by atoms with Crippen LogP contribution in [0.15, 0.2) is 48.5 Å². The zero-order valence-corrected chi connectivity index (χ0v) is 22.8. The molecule has 4 rings (SSSR count). The Hall–Kier alpha value is -2.10. The van der Waals surface area contributed by atoms with Crippen LogP contribution in [-0.2, 0) is 9.59 Å². The minimum atomic E-state index is -0.499. The van der Waals surface area contributed by atoms with Gasteiger partial charge < -0.3 is 26.7 Å². The van der Waals surface area contributed by atoms with E-state index in [0.29, 0.717) is 17.7 Å². The second-order valence-electron chi connectivity index (χ2n) is 8.13. The van der Waals surface area contributed by atoms with E-state index in [1.807, 2.05) is 37.5 Å². The summed E-state index contributed by atoms with van der Waals surface area (Å²) in [6.45, 7) is 8.95. The van der Waals surface area contributed by atoms with Crippen molar-refractivity contribution in [2.75, 3.05) is 6.54 Å². The summed E-state index contributed by atoms with van der Waals surface area (Å²) in [6, 6.07) is 14.0. The van der Waals surface area contributed by atoms with Crippen molar-refractivity contribution in [2.24, 2.45) is 5.41 Å². The molecular formula is C25H28N2O4U. The Morgan fingerprint density at radius 2 is 1.66 bits per heavy atom. The summed E-state index contributed by atoms with van der Waals surface area (Å²) in [5.41, 5.74) is 1.62. The Balaban J connectivity index is 0.00000118. The van der Waals surface area contributed by atoms with Gasteiger partial charge in [-0.1, -0.05) is 30.7 Å². The normalized spacial score (nSPS) is 22.4. The van der Waals surface area contributed by atoms with Gasteiger partial charge in [-0.05, 0) is 61.6 Å². The minimum Gasteiger partial charge on any atom is -0.540 e. The van der Waals surface area contributed by atoms with E-state index in [4.69, 9.17) is 4.74 Å². The van der Waals surface area contributed by atoms with Crippen LogP contribution in [0.5, 0.6) is 11.5 Å². The molecule has 1 saturated heterocycles. The van der Waals surface area contributed by atoms with Crippen LogP contribution in [0.4, 0.5) is 0 Å². The van der Waals surface area contributed by atoms with Gasteiger partial charge in [0.25, 0.3) is 5.91 Å². The van der Waals surface area contributed by atoms with Crippen molar-refractivity contribution in [1.82, 2.24) is 10.2 Å². The third-order valence-electron chi connectivity index (χ3n) is 5.83. The molecule has 0 spiro atoms. The number of hydrogen-bond acceptors (Lipinski definition) is 4. The molecule has 2 aliphatic rings. The Bertz CT molecular complexity index is 945. The molecule has 7 heteroatoms. The molecule has 1 aliphatic heterocycles. The summed E-state index contributed by atoms with van der Waals surface area (Å²) in [7, 11) is 0. The summed E-state index contributed by atoms with van der Waals surface area (Å²) in [5, 5.41) is 2.65. The zero-order valence-electron chi connectivity index (χ0n) is 18.7. The van der Waals surface area contributed by atoms with Crippen LogP contribution in [0, 0.1) is 50.4 Å². The Morgan fingerprint density at radius 3 is 2.22 bits per heavy atom. The number of benzene rings is 2. The van der Waals surface area contributed by atoms with Crippen molar-refractivity contribution in [3.8, 4) is 11.5 Å². The van der Waals surface area contributed by atoms with E-state index in [1.165, 1.54) is 0 Å². The topological polar surface area (TPSA) is 75.7 Å². The number of fused-ring (bicyclic) bond motifs is 1. The smallest absolute Gasteiger partial charge is 0.540 e. The fraction of sp³-hybridized carbons (Fsp3) is 0.360. The largest absolute Gasteiger partial charge is 2.00 e. The molecule has 0 bridgehead atoms. The molecule has 1 N–H and O–H groups in total. The first-order chi connectivity index (χ1) is 14.9. The van der Waals surface area contributed by atoms with Crippen molar-refractivity contribution in [1.29, 1.82) is 0 Å². The first kappa shape index (κ1) is 26.2. The Kier molecular flexibility index (Phi) is 9.12. The molecule has 3 atom stereocenters. The van der Waals surface area contributed by atoms with E-state index in [2.05, 4.69) is 19.2 Å². The van der Waals surface area contributed by atoms with E-state index in [9.17, 15) is 14.4 Å². The number of aryl methyl sites for hydroxylation is 1. The maximum Gasteiger partial charge on any atom is 2.00 e.